The third-order valence-electron chi connectivity index (χ3n) is 11.6. The molecule has 0 radical (unpaired) electrons. The lowest BCUT2D eigenvalue weighted by Crippen LogP contribution is -2.33. The summed E-state index contributed by atoms with van der Waals surface area (Å²) < 4.78 is 45.9. The quantitative estimate of drug-likeness (QED) is 0.144. The maximum atomic E-state index is 13.6. The molecule has 246 valence electrons. The topological polar surface area (TPSA) is 52.4 Å². The number of rotatable bonds is 8. The van der Waals surface area contributed by atoms with E-state index in [1.807, 2.05) is 34.8 Å². The highest BCUT2D eigenvalue weighted by molar-refractivity contribution is 5.42. The SMILES string of the molecule is CC(c1cc(-n2ccc(C(F)(F)F)n2)nc(C(C)(C)c2cc(C(C)C3(C)CCCC3)cc(-[n+]3[c-]cn(C)c3)n2)c1)C1(C)CCCC1. The second kappa shape index (κ2) is 11.6. The van der Waals surface area contributed by atoms with Crippen LogP contribution in [0.2, 0.25) is 0 Å². The molecule has 2 aliphatic rings. The van der Waals surface area contributed by atoms with Gasteiger partial charge in [-0.1, -0.05) is 53.4 Å². The van der Waals surface area contributed by atoms with Gasteiger partial charge in [-0.15, -0.1) is 0 Å². The van der Waals surface area contributed by atoms with Crippen LogP contribution in [0, 0.1) is 17.0 Å². The minimum atomic E-state index is -4.53. The highest BCUT2D eigenvalue weighted by atomic mass is 19.4. The first-order valence-corrected chi connectivity index (χ1v) is 16.7. The minimum absolute atomic E-state index is 0.110. The molecule has 0 saturated heterocycles. The Bertz CT molecular complexity index is 1700. The van der Waals surface area contributed by atoms with Crippen molar-refractivity contribution in [3.05, 3.63) is 83.5 Å². The van der Waals surface area contributed by atoms with E-state index in [1.165, 1.54) is 55.0 Å². The van der Waals surface area contributed by atoms with Crippen LogP contribution in [-0.4, -0.2) is 24.3 Å². The zero-order valence-corrected chi connectivity index (χ0v) is 28.2. The zero-order chi connectivity index (χ0) is 33.1. The van der Waals surface area contributed by atoms with Gasteiger partial charge in [-0.3, -0.25) is 0 Å². The molecule has 2 saturated carbocycles. The van der Waals surface area contributed by atoms with Gasteiger partial charge in [0.1, 0.15) is 5.69 Å². The smallest absolute Gasteiger partial charge is 0.368 e. The normalized spacial score (nSPS) is 19.4. The van der Waals surface area contributed by atoms with Gasteiger partial charge in [0.25, 0.3) is 0 Å². The van der Waals surface area contributed by atoms with Gasteiger partial charge in [0.15, 0.2) is 17.3 Å². The van der Waals surface area contributed by atoms with E-state index in [2.05, 4.69) is 71.0 Å². The molecule has 0 amide bonds. The lowest BCUT2D eigenvalue weighted by Gasteiger charge is -2.34. The molecule has 0 spiro atoms. The van der Waals surface area contributed by atoms with Gasteiger partial charge in [-0.05, 0) is 104 Å². The van der Waals surface area contributed by atoms with Gasteiger partial charge in [0.2, 0.25) is 0 Å². The van der Waals surface area contributed by atoms with Gasteiger partial charge in [-0.25, -0.2) is 9.67 Å². The third kappa shape index (κ3) is 6.02. The summed E-state index contributed by atoms with van der Waals surface area (Å²) in [6, 6.07) is 9.51. The van der Waals surface area contributed by atoms with Crippen molar-refractivity contribution < 1.29 is 17.7 Å². The Labute approximate surface area is 271 Å². The van der Waals surface area contributed by atoms with Crippen LogP contribution in [0.3, 0.4) is 0 Å². The molecule has 6 nitrogen and oxygen atoms in total. The molecule has 0 N–H and O–H groups in total. The molecule has 0 bridgehead atoms. The molecule has 4 aromatic rings. The van der Waals surface area contributed by atoms with Crippen molar-refractivity contribution in [1.29, 1.82) is 0 Å². The Morgan fingerprint density at radius 3 is 1.87 bits per heavy atom. The first-order chi connectivity index (χ1) is 21.6. The number of aryl methyl sites for hydroxylation is 1. The zero-order valence-electron chi connectivity index (χ0n) is 28.2. The van der Waals surface area contributed by atoms with Crippen molar-refractivity contribution in [2.24, 2.45) is 17.9 Å². The Balaban J connectivity index is 1.50. The Hall–Kier alpha value is -3.49. The van der Waals surface area contributed by atoms with Crippen LogP contribution in [0.15, 0.2) is 49.1 Å². The van der Waals surface area contributed by atoms with Gasteiger partial charge < -0.3 is 9.13 Å². The van der Waals surface area contributed by atoms with Crippen LogP contribution in [0.25, 0.3) is 11.6 Å². The van der Waals surface area contributed by atoms with E-state index >= 15 is 0 Å². The summed E-state index contributed by atoms with van der Waals surface area (Å²) in [6.45, 7) is 13.5. The summed E-state index contributed by atoms with van der Waals surface area (Å²) in [5, 5.41) is 3.91. The first-order valence-electron chi connectivity index (χ1n) is 16.7. The summed E-state index contributed by atoms with van der Waals surface area (Å²) in [5.74, 6) is 1.69. The van der Waals surface area contributed by atoms with Crippen LogP contribution in [0.1, 0.15) is 133 Å². The summed E-state index contributed by atoms with van der Waals surface area (Å²) in [5.41, 5.74) is 2.64. The monoisotopic (exact) mass is 632 g/mol. The van der Waals surface area contributed by atoms with E-state index in [9.17, 15) is 13.2 Å². The fraction of sp³-hybridized carbons (Fsp3) is 0.568. The van der Waals surface area contributed by atoms with Crippen molar-refractivity contribution in [1.82, 2.24) is 24.3 Å². The largest absolute Gasteiger partial charge is 0.435 e. The molecule has 2 aliphatic carbocycles. The molecule has 0 aliphatic heterocycles. The number of aromatic nitrogens is 6. The van der Waals surface area contributed by atoms with Crippen molar-refractivity contribution in [2.75, 3.05) is 0 Å². The number of imidazole rings is 1. The van der Waals surface area contributed by atoms with Crippen LogP contribution >= 0.6 is 0 Å². The minimum Gasteiger partial charge on any atom is -0.368 e. The second-order valence-electron chi connectivity index (χ2n) is 15.1. The second-order valence-corrected chi connectivity index (χ2v) is 15.1. The molecular weight excluding hydrogens is 585 g/mol. The number of hydrogen-bond acceptors (Lipinski definition) is 3. The standard InChI is InChI=1S/C37H47F3N6/c1-25(35(5)13-8-9-14-35)27-20-30(41-32(22-27)45-19-18-44(7)24-45)34(3,4)31-21-28(26(2)36(6)15-10-11-16-36)23-33(42-31)46-17-12-29(43-46)37(38,39)40/h12,17-18,20-26H,8-11,13-16H2,1-7H3. The lowest BCUT2D eigenvalue weighted by molar-refractivity contribution is -0.603. The van der Waals surface area contributed by atoms with E-state index in [0.29, 0.717) is 11.7 Å². The predicted octanol–water partition coefficient (Wildman–Crippen LogP) is 8.79. The number of halogens is 3. The average Bonchev–Trinajstić information content (AvgIpc) is 3.84. The van der Waals surface area contributed by atoms with Crippen molar-refractivity contribution in [2.45, 2.75) is 116 Å². The summed E-state index contributed by atoms with van der Waals surface area (Å²) in [6.07, 6.45) is 13.5. The number of hydrogen-bond donors (Lipinski definition) is 0. The van der Waals surface area contributed by atoms with Gasteiger partial charge in [-0.2, -0.15) is 23.3 Å². The fourth-order valence-electron chi connectivity index (χ4n) is 7.75. The maximum absolute atomic E-state index is 13.6. The summed E-state index contributed by atoms with van der Waals surface area (Å²) >= 11 is 0. The van der Waals surface area contributed by atoms with E-state index in [-0.39, 0.29) is 16.7 Å². The Kier molecular flexibility index (Phi) is 8.21. The first kappa shape index (κ1) is 32.5. The van der Waals surface area contributed by atoms with Crippen molar-refractivity contribution >= 4 is 0 Å². The molecule has 2 fully saturated rings. The maximum Gasteiger partial charge on any atom is 0.435 e. The highest BCUT2D eigenvalue weighted by Gasteiger charge is 2.39. The van der Waals surface area contributed by atoms with Gasteiger partial charge in [0, 0.05) is 25.6 Å². The number of nitrogens with zero attached hydrogens (tertiary/aromatic N) is 6. The van der Waals surface area contributed by atoms with Crippen LogP contribution in [0.4, 0.5) is 13.2 Å². The molecule has 0 aromatic carbocycles. The van der Waals surface area contributed by atoms with E-state index in [1.54, 1.807) is 0 Å². The van der Waals surface area contributed by atoms with Crippen LogP contribution in [0.5, 0.6) is 0 Å². The molecule has 4 heterocycles. The van der Waals surface area contributed by atoms with Gasteiger partial charge in [0.05, 0.1) is 17.4 Å². The Morgan fingerprint density at radius 1 is 0.826 bits per heavy atom. The van der Waals surface area contributed by atoms with E-state index < -0.39 is 17.3 Å². The van der Waals surface area contributed by atoms with Crippen molar-refractivity contribution in [3.8, 4) is 11.6 Å². The molecule has 2 atom stereocenters. The summed E-state index contributed by atoms with van der Waals surface area (Å²) in [4.78, 5) is 10.2. The van der Waals surface area contributed by atoms with E-state index in [0.717, 1.165) is 41.7 Å². The lowest BCUT2D eigenvalue weighted by atomic mass is 9.71. The average molecular weight is 633 g/mol. The van der Waals surface area contributed by atoms with Gasteiger partial charge >= 0.3 is 6.18 Å². The summed E-state index contributed by atoms with van der Waals surface area (Å²) in [7, 11) is 1.96. The van der Waals surface area contributed by atoms with E-state index in [4.69, 9.17) is 9.97 Å². The fourth-order valence-corrected chi connectivity index (χ4v) is 7.75. The molecule has 9 heteroatoms. The number of alkyl halides is 3. The number of pyridine rings is 2. The molecule has 4 aromatic heterocycles. The molecular formula is C37H47F3N6. The highest BCUT2D eigenvalue weighted by Crippen LogP contribution is 2.50. The van der Waals surface area contributed by atoms with Crippen LogP contribution < -0.4 is 4.57 Å². The molecule has 46 heavy (non-hydrogen) atoms. The third-order valence-corrected chi connectivity index (χ3v) is 11.6. The van der Waals surface area contributed by atoms with Crippen molar-refractivity contribution in [3.63, 3.8) is 0 Å². The molecule has 6 rings (SSSR count). The van der Waals surface area contributed by atoms with Crippen LogP contribution in [-0.2, 0) is 18.6 Å². The predicted molar refractivity (Wildman–Crippen MR) is 172 cm³/mol. The Morgan fingerprint density at radius 2 is 1.37 bits per heavy atom. The molecule has 2 unspecified atom stereocenters.